The molecule has 0 N–H and O–H groups in total. The van der Waals surface area contributed by atoms with E-state index in [9.17, 15) is 0 Å². The molecule has 1 aliphatic rings. The van der Waals surface area contributed by atoms with E-state index in [4.69, 9.17) is 10.00 Å². The Hall–Kier alpha value is -0.810. The Bertz CT molecular complexity index is 200. The number of ether oxygens (including phenoxy) is 1. The van der Waals surface area contributed by atoms with Gasteiger partial charge in [0.2, 0.25) is 0 Å². The number of nitriles is 1. The van der Waals surface area contributed by atoms with E-state index in [1.807, 2.05) is 13.0 Å². The van der Waals surface area contributed by atoms with Gasteiger partial charge >= 0.3 is 0 Å². The molecular formula is C10H15NO. The maximum Gasteiger partial charge on any atom is 0.0808 e. The third-order valence-corrected chi connectivity index (χ3v) is 2.23. The highest BCUT2D eigenvalue weighted by Crippen LogP contribution is 2.45. The fourth-order valence-corrected chi connectivity index (χ4v) is 1.04. The van der Waals surface area contributed by atoms with E-state index in [-0.39, 0.29) is 11.5 Å². The van der Waals surface area contributed by atoms with Gasteiger partial charge in [0, 0.05) is 0 Å². The summed E-state index contributed by atoms with van der Waals surface area (Å²) in [6, 6.07) is 2.30. The number of rotatable bonds is 5. The first-order chi connectivity index (χ1) is 5.72. The van der Waals surface area contributed by atoms with Gasteiger partial charge in [-0.1, -0.05) is 6.08 Å². The molecule has 0 aromatic carbocycles. The highest BCUT2D eigenvalue weighted by molar-refractivity contribution is 5.09. The minimum atomic E-state index is -0.130. The van der Waals surface area contributed by atoms with Crippen LogP contribution in [0.1, 0.15) is 26.2 Å². The van der Waals surface area contributed by atoms with Crippen molar-refractivity contribution in [2.45, 2.75) is 32.3 Å². The second-order valence-corrected chi connectivity index (χ2v) is 3.54. The lowest BCUT2D eigenvalue weighted by molar-refractivity contribution is 0.0475. The van der Waals surface area contributed by atoms with E-state index in [1.165, 1.54) is 0 Å². The lowest BCUT2D eigenvalue weighted by Crippen LogP contribution is -2.14. The summed E-state index contributed by atoms with van der Waals surface area (Å²) in [5.41, 5.74) is -0.130. The first kappa shape index (κ1) is 9.28. The first-order valence-corrected chi connectivity index (χ1v) is 4.36. The zero-order chi connectivity index (χ0) is 9.03. The molecule has 0 amide bonds. The van der Waals surface area contributed by atoms with Crippen molar-refractivity contribution in [2.75, 3.05) is 6.61 Å². The Morgan fingerprint density at radius 3 is 2.83 bits per heavy atom. The molecule has 0 bridgehead atoms. The van der Waals surface area contributed by atoms with Crippen LogP contribution in [0.15, 0.2) is 12.7 Å². The molecule has 1 atom stereocenters. The van der Waals surface area contributed by atoms with Crippen LogP contribution in [0.25, 0.3) is 0 Å². The van der Waals surface area contributed by atoms with E-state index >= 15 is 0 Å². The van der Waals surface area contributed by atoms with Crippen LogP contribution in [0, 0.1) is 16.7 Å². The molecule has 0 radical (unpaired) electrons. The molecule has 0 aromatic rings. The summed E-state index contributed by atoms with van der Waals surface area (Å²) in [6.07, 6.45) is 4.92. The predicted molar refractivity (Wildman–Crippen MR) is 47.5 cm³/mol. The topological polar surface area (TPSA) is 33.0 Å². The minimum absolute atomic E-state index is 0.130. The minimum Gasteiger partial charge on any atom is -0.377 e. The lowest BCUT2D eigenvalue weighted by Gasteiger charge is -2.12. The number of nitrogens with zero attached hydrogens (tertiary/aromatic N) is 1. The molecule has 0 spiro atoms. The summed E-state index contributed by atoms with van der Waals surface area (Å²) < 4.78 is 5.51. The van der Waals surface area contributed by atoms with E-state index in [1.54, 1.807) is 0 Å². The number of hydrogen-bond acceptors (Lipinski definition) is 2. The predicted octanol–water partition coefficient (Wildman–Crippen LogP) is 2.27. The Morgan fingerprint density at radius 1 is 1.75 bits per heavy atom. The molecule has 1 aliphatic carbocycles. The monoisotopic (exact) mass is 165 g/mol. The van der Waals surface area contributed by atoms with Crippen molar-refractivity contribution in [3.63, 3.8) is 0 Å². The molecular weight excluding hydrogens is 150 g/mol. The average Bonchev–Trinajstić information content (AvgIpc) is 2.82. The Morgan fingerprint density at radius 2 is 2.42 bits per heavy atom. The second kappa shape index (κ2) is 3.73. The molecule has 1 saturated carbocycles. The van der Waals surface area contributed by atoms with Gasteiger partial charge in [0.05, 0.1) is 24.2 Å². The third kappa shape index (κ3) is 2.35. The van der Waals surface area contributed by atoms with Crippen LogP contribution in [-0.4, -0.2) is 12.7 Å². The van der Waals surface area contributed by atoms with Crippen molar-refractivity contribution in [3.8, 4) is 6.07 Å². The Labute approximate surface area is 73.8 Å². The highest BCUT2D eigenvalue weighted by Gasteiger charge is 2.43. The van der Waals surface area contributed by atoms with Crippen LogP contribution in [-0.2, 0) is 4.74 Å². The zero-order valence-corrected chi connectivity index (χ0v) is 7.55. The molecule has 0 saturated heterocycles. The fourth-order valence-electron chi connectivity index (χ4n) is 1.04. The van der Waals surface area contributed by atoms with Crippen LogP contribution in [0.5, 0.6) is 0 Å². The van der Waals surface area contributed by atoms with Gasteiger partial charge in [-0.05, 0) is 26.2 Å². The van der Waals surface area contributed by atoms with Gasteiger partial charge in [-0.2, -0.15) is 5.26 Å². The normalized spacial score (nSPS) is 21.0. The van der Waals surface area contributed by atoms with E-state index < -0.39 is 0 Å². The van der Waals surface area contributed by atoms with E-state index in [2.05, 4.69) is 12.6 Å². The van der Waals surface area contributed by atoms with Crippen molar-refractivity contribution in [2.24, 2.45) is 5.41 Å². The first-order valence-electron chi connectivity index (χ1n) is 4.36. The fraction of sp³-hybridized carbons (Fsp3) is 0.700. The van der Waals surface area contributed by atoms with Crippen LogP contribution in [0.4, 0.5) is 0 Å². The molecule has 66 valence electrons. The SMILES string of the molecule is C=CCC(C)OCC1(C#N)CC1. The van der Waals surface area contributed by atoms with Gasteiger partial charge in [-0.3, -0.25) is 0 Å². The summed E-state index contributed by atoms with van der Waals surface area (Å²) in [5.74, 6) is 0. The van der Waals surface area contributed by atoms with Crippen LogP contribution < -0.4 is 0 Å². The molecule has 0 heterocycles. The standard InChI is InChI=1S/C10H15NO/c1-3-4-9(2)12-8-10(7-11)5-6-10/h3,9H,1,4-6,8H2,2H3. The maximum atomic E-state index is 8.75. The third-order valence-electron chi connectivity index (χ3n) is 2.23. The van der Waals surface area contributed by atoms with Gasteiger partial charge < -0.3 is 4.74 Å². The Balaban J connectivity index is 2.17. The molecule has 0 aromatic heterocycles. The van der Waals surface area contributed by atoms with Crippen LogP contribution >= 0.6 is 0 Å². The van der Waals surface area contributed by atoms with Crippen molar-refractivity contribution in [1.82, 2.24) is 0 Å². The van der Waals surface area contributed by atoms with Gasteiger partial charge in [-0.25, -0.2) is 0 Å². The highest BCUT2D eigenvalue weighted by atomic mass is 16.5. The second-order valence-electron chi connectivity index (χ2n) is 3.54. The van der Waals surface area contributed by atoms with Crippen LogP contribution in [0.3, 0.4) is 0 Å². The smallest absolute Gasteiger partial charge is 0.0808 e. The quantitative estimate of drug-likeness (QED) is 0.585. The largest absolute Gasteiger partial charge is 0.377 e. The van der Waals surface area contributed by atoms with E-state index in [0.717, 1.165) is 19.3 Å². The van der Waals surface area contributed by atoms with Crippen LogP contribution in [0.2, 0.25) is 0 Å². The molecule has 2 heteroatoms. The number of hydrogen-bond donors (Lipinski definition) is 0. The van der Waals surface area contributed by atoms with Gasteiger partial charge in [0.15, 0.2) is 0 Å². The van der Waals surface area contributed by atoms with E-state index in [0.29, 0.717) is 6.61 Å². The van der Waals surface area contributed by atoms with Crippen molar-refractivity contribution >= 4 is 0 Å². The van der Waals surface area contributed by atoms with Crippen molar-refractivity contribution < 1.29 is 4.74 Å². The lowest BCUT2D eigenvalue weighted by atomic mass is 10.1. The summed E-state index contributed by atoms with van der Waals surface area (Å²) >= 11 is 0. The maximum absolute atomic E-state index is 8.75. The average molecular weight is 165 g/mol. The molecule has 2 nitrogen and oxygen atoms in total. The summed E-state index contributed by atoms with van der Waals surface area (Å²) in [5, 5.41) is 8.75. The molecule has 1 rings (SSSR count). The van der Waals surface area contributed by atoms with Crippen molar-refractivity contribution in [1.29, 1.82) is 5.26 Å². The molecule has 1 unspecified atom stereocenters. The summed E-state index contributed by atoms with van der Waals surface area (Å²) in [7, 11) is 0. The summed E-state index contributed by atoms with van der Waals surface area (Å²) in [4.78, 5) is 0. The van der Waals surface area contributed by atoms with Gasteiger partial charge in [0.1, 0.15) is 0 Å². The molecule has 0 aliphatic heterocycles. The zero-order valence-electron chi connectivity index (χ0n) is 7.55. The van der Waals surface area contributed by atoms with Gasteiger partial charge in [-0.15, -0.1) is 6.58 Å². The van der Waals surface area contributed by atoms with Gasteiger partial charge in [0.25, 0.3) is 0 Å². The molecule has 12 heavy (non-hydrogen) atoms. The molecule has 1 fully saturated rings. The summed E-state index contributed by atoms with van der Waals surface area (Å²) in [6.45, 7) is 6.24. The Kier molecular flexibility index (Phi) is 2.88. The van der Waals surface area contributed by atoms with Crippen molar-refractivity contribution in [3.05, 3.63) is 12.7 Å².